The Balaban J connectivity index is 3.22. The van der Waals surface area contributed by atoms with E-state index in [0.717, 1.165) is 0 Å². The Kier molecular flexibility index (Phi) is 1.76. The first-order valence-corrected chi connectivity index (χ1v) is 2.94. The third kappa shape index (κ3) is 1.18. The summed E-state index contributed by atoms with van der Waals surface area (Å²) in [7, 11) is 3.32. The predicted molar refractivity (Wildman–Crippen MR) is 38.2 cm³/mol. The number of methoxy groups -OCH3 is 1. The van der Waals surface area contributed by atoms with Crippen LogP contribution in [0.3, 0.4) is 0 Å². The molecule has 0 aromatic carbocycles. The fraction of sp³-hybridized carbons (Fsp3) is 0.286. The maximum Gasteiger partial charge on any atom is 0.223 e. The molecule has 10 heavy (non-hydrogen) atoms. The Morgan fingerprint density at radius 3 is 2.80 bits per heavy atom. The van der Waals surface area contributed by atoms with Gasteiger partial charge in [-0.1, -0.05) is 0 Å². The van der Waals surface area contributed by atoms with Crippen LogP contribution in [0.5, 0.6) is 5.75 Å². The lowest BCUT2D eigenvalue weighted by atomic mass is 10.4. The van der Waals surface area contributed by atoms with E-state index < -0.39 is 0 Å². The van der Waals surface area contributed by atoms with Gasteiger partial charge in [-0.25, -0.2) is 0 Å². The number of pyridine rings is 1. The molecule has 0 aliphatic carbocycles. The summed E-state index contributed by atoms with van der Waals surface area (Å²) in [6.45, 7) is 0. The molecular formula is C7H9NO2. The largest absolute Gasteiger partial charge is 0.491 e. The summed E-state index contributed by atoms with van der Waals surface area (Å²) in [4.78, 5) is 10.9. The molecule has 0 unspecified atom stereocenters. The van der Waals surface area contributed by atoms with Crippen molar-refractivity contribution in [3.05, 3.63) is 28.7 Å². The summed E-state index contributed by atoms with van der Waals surface area (Å²) in [6, 6.07) is 1.47. The molecule has 3 heteroatoms. The highest BCUT2D eigenvalue weighted by Gasteiger charge is 1.94. The van der Waals surface area contributed by atoms with E-state index >= 15 is 0 Å². The van der Waals surface area contributed by atoms with Crippen LogP contribution in [0, 0.1) is 0 Å². The van der Waals surface area contributed by atoms with Crippen LogP contribution in [0.2, 0.25) is 0 Å². The van der Waals surface area contributed by atoms with Crippen LogP contribution >= 0.6 is 0 Å². The second-order valence-corrected chi connectivity index (χ2v) is 2.04. The Morgan fingerprint density at radius 2 is 2.30 bits per heavy atom. The van der Waals surface area contributed by atoms with Gasteiger partial charge >= 0.3 is 0 Å². The monoisotopic (exact) mass is 139 g/mol. The second kappa shape index (κ2) is 2.56. The number of hydrogen-bond donors (Lipinski definition) is 0. The average Bonchev–Trinajstić information content (AvgIpc) is 1.94. The van der Waals surface area contributed by atoms with Crippen molar-refractivity contribution in [2.24, 2.45) is 7.05 Å². The Bertz CT molecular complexity index is 277. The van der Waals surface area contributed by atoms with Crippen LogP contribution < -0.4 is 10.2 Å². The maximum atomic E-state index is 10.9. The Morgan fingerprint density at radius 1 is 1.60 bits per heavy atom. The highest BCUT2D eigenvalue weighted by molar-refractivity contribution is 5.16. The number of rotatable bonds is 1. The summed E-state index contributed by atoms with van der Waals surface area (Å²) in [5.41, 5.74) is -0.0828. The van der Waals surface area contributed by atoms with E-state index in [1.165, 1.54) is 13.2 Å². The van der Waals surface area contributed by atoms with Crippen molar-refractivity contribution in [3.63, 3.8) is 0 Å². The minimum absolute atomic E-state index is 0.0828. The molecule has 0 radical (unpaired) electrons. The molecular weight excluding hydrogens is 130 g/mol. The second-order valence-electron chi connectivity index (χ2n) is 2.04. The van der Waals surface area contributed by atoms with Crippen LogP contribution in [-0.4, -0.2) is 11.7 Å². The summed E-state index contributed by atoms with van der Waals surface area (Å²) in [5.74, 6) is 0.380. The highest BCUT2D eigenvalue weighted by Crippen LogP contribution is 1.97. The normalized spacial score (nSPS) is 9.40. The molecule has 1 heterocycles. The molecule has 0 aliphatic rings. The molecule has 0 fully saturated rings. The minimum Gasteiger partial charge on any atom is -0.491 e. The molecule has 1 aromatic heterocycles. The maximum absolute atomic E-state index is 10.9. The van der Waals surface area contributed by atoms with Gasteiger partial charge in [0.15, 0.2) is 5.75 Å². The van der Waals surface area contributed by atoms with Gasteiger partial charge in [-0.3, -0.25) is 4.79 Å². The first kappa shape index (κ1) is 6.86. The number of hydrogen-bond acceptors (Lipinski definition) is 2. The lowest BCUT2D eigenvalue weighted by Gasteiger charge is -1.99. The van der Waals surface area contributed by atoms with Gasteiger partial charge in [0.2, 0.25) is 5.43 Å². The van der Waals surface area contributed by atoms with Crippen molar-refractivity contribution in [3.8, 4) is 5.75 Å². The zero-order valence-corrected chi connectivity index (χ0v) is 6.00. The highest BCUT2D eigenvalue weighted by atomic mass is 16.5. The molecule has 0 spiro atoms. The molecule has 0 saturated heterocycles. The van der Waals surface area contributed by atoms with Gasteiger partial charge in [0.25, 0.3) is 0 Å². The SMILES string of the molecule is COc1cn(C)ccc1=O. The molecule has 0 aliphatic heterocycles. The molecule has 3 nitrogen and oxygen atoms in total. The fourth-order valence-electron chi connectivity index (χ4n) is 0.712. The molecule has 0 atom stereocenters. The summed E-state index contributed by atoms with van der Waals surface area (Å²) >= 11 is 0. The van der Waals surface area contributed by atoms with Gasteiger partial charge in [-0.05, 0) is 0 Å². The molecule has 0 bridgehead atoms. The first-order chi connectivity index (χ1) is 4.74. The summed E-state index contributed by atoms with van der Waals surface area (Å²) in [5, 5.41) is 0. The zero-order valence-electron chi connectivity index (χ0n) is 6.00. The van der Waals surface area contributed by atoms with E-state index in [1.54, 1.807) is 17.0 Å². The molecule has 0 N–H and O–H groups in total. The van der Waals surface area contributed by atoms with Crippen LogP contribution in [0.15, 0.2) is 23.3 Å². The lowest BCUT2D eigenvalue weighted by Crippen LogP contribution is -2.06. The number of ether oxygens (including phenoxy) is 1. The molecule has 1 rings (SSSR count). The van der Waals surface area contributed by atoms with E-state index in [2.05, 4.69) is 0 Å². The smallest absolute Gasteiger partial charge is 0.223 e. The van der Waals surface area contributed by atoms with Crippen molar-refractivity contribution >= 4 is 0 Å². The van der Waals surface area contributed by atoms with Crippen LogP contribution in [0.1, 0.15) is 0 Å². The standard InChI is InChI=1S/C7H9NO2/c1-8-4-3-6(9)7(5-8)10-2/h3-5H,1-2H3. The van der Waals surface area contributed by atoms with Gasteiger partial charge < -0.3 is 9.30 Å². The van der Waals surface area contributed by atoms with Crippen LogP contribution in [-0.2, 0) is 7.05 Å². The average molecular weight is 139 g/mol. The third-order valence-electron chi connectivity index (χ3n) is 1.24. The quantitative estimate of drug-likeness (QED) is 0.563. The van der Waals surface area contributed by atoms with Gasteiger partial charge in [0.05, 0.1) is 7.11 Å². The van der Waals surface area contributed by atoms with Gasteiger partial charge in [0.1, 0.15) is 0 Å². The van der Waals surface area contributed by atoms with Crippen molar-refractivity contribution in [2.75, 3.05) is 7.11 Å². The molecule has 1 aromatic rings. The molecule has 0 amide bonds. The lowest BCUT2D eigenvalue weighted by molar-refractivity contribution is 0.406. The summed E-state index contributed by atoms with van der Waals surface area (Å²) in [6.07, 6.45) is 3.33. The fourth-order valence-corrected chi connectivity index (χ4v) is 0.712. The summed E-state index contributed by atoms with van der Waals surface area (Å²) < 4.78 is 6.56. The number of nitrogens with zero attached hydrogens (tertiary/aromatic N) is 1. The van der Waals surface area contributed by atoms with Crippen molar-refractivity contribution in [1.82, 2.24) is 4.57 Å². The number of aromatic nitrogens is 1. The topological polar surface area (TPSA) is 31.2 Å². The number of aryl methyl sites for hydroxylation is 1. The van der Waals surface area contributed by atoms with Crippen LogP contribution in [0.25, 0.3) is 0 Å². The Hall–Kier alpha value is -1.25. The van der Waals surface area contributed by atoms with Crippen molar-refractivity contribution < 1.29 is 4.74 Å². The van der Waals surface area contributed by atoms with E-state index in [1.807, 2.05) is 7.05 Å². The third-order valence-corrected chi connectivity index (χ3v) is 1.24. The van der Waals surface area contributed by atoms with Gasteiger partial charge in [-0.2, -0.15) is 0 Å². The van der Waals surface area contributed by atoms with Gasteiger partial charge in [0, 0.05) is 25.5 Å². The van der Waals surface area contributed by atoms with Gasteiger partial charge in [-0.15, -0.1) is 0 Å². The van der Waals surface area contributed by atoms with E-state index in [9.17, 15) is 4.79 Å². The van der Waals surface area contributed by atoms with Crippen molar-refractivity contribution in [1.29, 1.82) is 0 Å². The molecule has 0 saturated carbocycles. The minimum atomic E-state index is -0.0828. The van der Waals surface area contributed by atoms with E-state index in [0.29, 0.717) is 5.75 Å². The molecule has 54 valence electrons. The van der Waals surface area contributed by atoms with E-state index in [4.69, 9.17) is 4.74 Å². The predicted octanol–water partition coefficient (Wildman–Crippen LogP) is 0.394. The zero-order chi connectivity index (χ0) is 7.56. The first-order valence-electron chi connectivity index (χ1n) is 2.94. The Labute approximate surface area is 58.9 Å². The van der Waals surface area contributed by atoms with E-state index in [-0.39, 0.29) is 5.43 Å². The van der Waals surface area contributed by atoms with Crippen molar-refractivity contribution in [2.45, 2.75) is 0 Å². The van der Waals surface area contributed by atoms with Crippen LogP contribution in [0.4, 0.5) is 0 Å².